The average molecular weight is 306 g/mol. The van der Waals surface area contributed by atoms with Crippen LogP contribution in [0, 0.1) is 0 Å². The molecule has 0 radical (unpaired) electrons. The average Bonchev–Trinajstić information content (AvgIpc) is 2.59. The Hall–Kier alpha value is -0.430. The van der Waals surface area contributed by atoms with Gasteiger partial charge >= 0.3 is 0 Å². The maximum atomic E-state index is 11.1. The number of thiophene rings is 1. The minimum atomic E-state index is -3.58. The van der Waals surface area contributed by atoms with Crippen LogP contribution in [-0.4, -0.2) is 8.42 Å². The van der Waals surface area contributed by atoms with E-state index in [-0.39, 0.29) is 4.21 Å². The van der Waals surface area contributed by atoms with Gasteiger partial charge < -0.3 is 0 Å². The molecule has 0 aliphatic heterocycles. The van der Waals surface area contributed by atoms with Crippen LogP contribution in [0.5, 0.6) is 0 Å². The Morgan fingerprint density at radius 3 is 2.67 bits per heavy atom. The Kier molecular flexibility index (Phi) is 2.85. The number of nitrogens with two attached hydrogens (primary N) is 1. The summed E-state index contributed by atoms with van der Waals surface area (Å²) in [5.74, 6) is 0. The van der Waals surface area contributed by atoms with Gasteiger partial charge in [-0.05, 0) is 29.1 Å². The highest BCUT2D eigenvalue weighted by Crippen LogP contribution is 2.29. The van der Waals surface area contributed by atoms with Crippen molar-refractivity contribution in [3.8, 4) is 0 Å². The van der Waals surface area contributed by atoms with Gasteiger partial charge in [0.15, 0.2) is 0 Å². The van der Waals surface area contributed by atoms with Crippen molar-refractivity contribution in [3.05, 3.63) is 29.8 Å². The fourth-order valence-electron chi connectivity index (χ4n) is 1.29. The molecule has 80 valence electrons. The van der Waals surface area contributed by atoms with Crippen LogP contribution in [0.15, 0.2) is 28.5 Å². The lowest BCUT2D eigenvalue weighted by Crippen LogP contribution is -2.09. The molecule has 0 aliphatic carbocycles. The van der Waals surface area contributed by atoms with Crippen LogP contribution < -0.4 is 5.14 Å². The van der Waals surface area contributed by atoms with E-state index in [1.165, 1.54) is 11.3 Å². The number of alkyl halides is 1. The highest BCUT2D eigenvalue weighted by Gasteiger charge is 2.12. The van der Waals surface area contributed by atoms with Crippen LogP contribution in [0.4, 0.5) is 0 Å². The van der Waals surface area contributed by atoms with Crippen molar-refractivity contribution in [1.29, 1.82) is 0 Å². The maximum Gasteiger partial charge on any atom is 0.247 e. The Bertz CT molecular complexity index is 604. The summed E-state index contributed by atoms with van der Waals surface area (Å²) >= 11 is 4.55. The van der Waals surface area contributed by atoms with E-state index < -0.39 is 10.0 Å². The summed E-state index contributed by atoms with van der Waals surface area (Å²) in [6.45, 7) is 0. The number of halogens is 1. The van der Waals surface area contributed by atoms with E-state index in [4.69, 9.17) is 5.14 Å². The minimum Gasteiger partial charge on any atom is -0.224 e. The SMILES string of the molecule is NS(=O)(=O)c1cc2cc(CBr)ccc2s1. The molecule has 6 heteroatoms. The second-order valence-electron chi connectivity index (χ2n) is 3.12. The zero-order valence-electron chi connectivity index (χ0n) is 7.60. The lowest BCUT2D eigenvalue weighted by atomic mass is 10.2. The monoisotopic (exact) mass is 305 g/mol. The topological polar surface area (TPSA) is 60.2 Å². The molecule has 2 aromatic rings. The van der Waals surface area contributed by atoms with Crippen LogP contribution in [0.25, 0.3) is 10.1 Å². The van der Waals surface area contributed by atoms with Crippen molar-refractivity contribution in [3.63, 3.8) is 0 Å². The molecule has 0 bridgehead atoms. The van der Waals surface area contributed by atoms with E-state index >= 15 is 0 Å². The lowest BCUT2D eigenvalue weighted by molar-refractivity contribution is 0.600. The molecule has 1 aromatic carbocycles. The Labute approximate surface area is 100 Å². The minimum absolute atomic E-state index is 0.212. The Balaban J connectivity index is 2.66. The largest absolute Gasteiger partial charge is 0.247 e. The summed E-state index contributed by atoms with van der Waals surface area (Å²) in [5, 5.41) is 6.74. The third-order valence-electron chi connectivity index (χ3n) is 1.99. The first kappa shape index (κ1) is 11.1. The number of benzene rings is 1. The molecule has 0 amide bonds. The molecule has 2 rings (SSSR count). The lowest BCUT2D eigenvalue weighted by Gasteiger charge is -1.93. The van der Waals surface area contributed by atoms with Gasteiger partial charge in [0.1, 0.15) is 4.21 Å². The molecule has 3 nitrogen and oxygen atoms in total. The molecular formula is C9H8BrNO2S2. The number of primary sulfonamides is 1. The first-order valence-corrected chi connectivity index (χ1v) is 7.60. The van der Waals surface area contributed by atoms with Crippen molar-refractivity contribution < 1.29 is 8.42 Å². The second-order valence-corrected chi connectivity index (χ2v) is 6.55. The number of rotatable bonds is 2. The summed E-state index contributed by atoms with van der Waals surface area (Å²) in [6, 6.07) is 7.43. The molecular weight excluding hydrogens is 298 g/mol. The number of sulfonamides is 1. The van der Waals surface area contributed by atoms with E-state index in [0.29, 0.717) is 0 Å². The summed E-state index contributed by atoms with van der Waals surface area (Å²) < 4.78 is 23.4. The predicted molar refractivity (Wildman–Crippen MR) is 65.8 cm³/mol. The van der Waals surface area contributed by atoms with Gasteiger partial charge in [0.25, 0.3) is 0 Å². The van der Waals surface area contributed by atoms with E-state index in [1.54, 1.807) is 6.07 Å². The molecule has 2 N–H and O–H groups in total. The van der Waals surface area contributed by atoms with Crippen molar-refractivity contribution >= 4 is 47.4 Å². The van der Waals surface area contributed by atoms with Crippen LogP contribution in [0.2, 0.25) is 0 Å². The molecule has 0 fully saturated rings. The zero-order valence-corrected chi connectivity index (χ0v) is 10.8. The molecule has 0 aliphatic rings. The maximum absolute atomic E-state index is 11.1. The van der Waals surface area contributed by atoms with Gasteiger partial charge in [0, 0.05) is 10.0 Å². The quantitative estimate of drug-likeness (QED) is 0.866. The summed E-state index contributed by atoms with van der Waals surface area (Å²) in [6.07, 6.45) is 0. The van der Waals surface area contributed by atoms with Crippen molar-refractivity contribution in [2.24, 2.45) is 5.14 Å². The molecule has 0 saturated heterocycles. The van der Waals surface area contributed by atoms with E-state index in [0.717, 1.165) is 21.0 Å². The van der Waals surface area contributed by atoms with E-state index in [1.807, 2.05) is 18.2 Å². The summed E-state index contributed by atoms with van der Waals surface area (Å²) in [7, 11) is -3.58. The van der Waals surface area contributed by atoms with Crippen LogP contribution in [-0.2, 0) is 15.4 Å². The van der Waals surface area contributed by atoms with E-state index in [2.05, 4.69) is 15.9 Å². The fourth-order valence-corrected chi connectivity index (χ4v) is 3.44. The van der Waals surface area contributed by atoms with Gasteiger partial charge in [-0.1, -0.05) is 22.0 Å². The highest BCUT2D eigenvalue weighted by atomic mass is 79.9. The van der Waals surface area contributed by atoms with Crippen molar-refractivity contribution in [2.45, 2.75) is 9.54 Å². The van der Waals surface area contributed by atoms with Gasteiger partial charge in [-0.25, -0.2) is 13.6 Å². The third-order valence-corrected chi connectivity index (χ3v) is 5.18. The molecule has 0 spiro atoms. The molecule has 1 aromatic heterocycles. The molecule has 0 saturated carbocycles. The normalized spacial score (nSPS) is 12.1. The number of hydrogen-bond acceptors (Lipinski definition) is 3. The number of hydrogen-bond donors (Lipinski definition) is 1. The standard InChI is InChI=1S/C9H8BrNO2S2/c10-5-6-1-2-8-7(3-6)4-9(14-8)15(11,12)13/h1-4H,5H2,(H2,11,12,13). The predicted octanol–water partition coefficient (Wildman–Crippen LogP) is 2.44. The Morgan fingerprint density at radius 2 is 2.07 bits per heavy atom. The van der Waals surface area contributed by atoms with Gasteiger partial charge in [0.05, 0.1) is 0 Å². The van der Waals surface area contributed by atoms with Gasteiger partial charge in [0.2, 0.25) is 10.0 Å². The Morgan fingerprint density at radius 1 is 1.33 bits per heavy atom. The molecule has 0 atom stereocenters. The number of fused-ring (bicyclic) bond motifs is 1. The first-order valence-electron chi connectivity index (χ1n) is 4.12. The third kappa shape index (κ3) is 2.23. The first-order chi connectivity index (χ1) is 7.00. The van der Waals surface area contributed by atoms with E-state index in [9.17, 15) is 8.42 Å². The van der Waals surface area contributed by atoms with Gasteiger partial charge in [-0.3, -0.25) is 0 Å². The van der Waals surface area contributed by atoms with Crippen molar-refractivity contribution in [2.75, 3.05) is 0 Å². The zero-order chi connectivity index (χ0) is 11.1. The van der Waals surface area contributed by atoms with Crippen molar-refractivity contribution in [1.82, 2.24) is 0 Å². The van der Waals surface area contributed by atoms with Gasteiger partial charge in [-0.15, -0.1) is 11.3 Å². The molecule has 15 heavy (non-hydrogen) atoms. The van der Waals surface area contributed by atoms with Crippen LogP contribution in [0.1, 0.15) is 5.56 Å². The second kappa shape index (κ2) is 3.86. The van der Waals surface area contributed by atoms with Crippen LogP contribution in [0.3, 0.4) is 0 Å². The van der Waals surface area contributed by atoms with Crippen LogP contribution >= 0.6 is 27.3 Å². The smallest absolute Gasteiger partial charge is 0.224 e. The summed E-state index contributed by atoms with van der Waals surface area (Å²) in [5.41, 5.74) is 1.11. The van der Waals surface area contributed by atoms with Gasteiger partial charge in [-0.2, -0.15) is 0 Å². The molecule has 0 unspecified atom stereocenters. The molecule has 1 heterocycles. The highest BCUT2D eigenvalue weighted by molar-refractivity contribution is 9.08. The fraction of sp³-hybridized carbons (Fsp3) is 0.111. The summed E-state index contributed by atoms with van der Waals surface area (Å²) in [4.78, 5) is 0.